The molecule has 2 heterocycles. The third-order valence-electron chi connectivity index (χ3n) is 2.80. The molecule has 1 unspecified atom stereocenters. The summed E-state index contributed by atoms with van der Waals surface area (Å²) in [6.07, 6.45) is 1.21. The molecule has 1 aromatic heterocycles. The van der Waals surface area contributed by atoms with Gasteiger partial charge in [-0.25, -0.2) is 0 Å². The first kappa shape index (κ1) is 10.9. The van der Waals surface area contributed by atoms with Gasteiger partial charge in [-0.05, 0) is 24.3 Å². The van der Waals surface area contributed by atoms with Gasteiger partial charge >= 0.3 is 0 Å². The van der Waals surface area contributed by atoms with Crippen LogP contribution in [0.25, 0.3) is 0 Å². The molecule has 1 aromatic carbocycles. The minimum absolute atomic E-state index is 0.0422. The molecular formula is C14H12O4. The van der Waals surface area contributed by atoms with E-state index in [2.05, 4.69) is 0 Å². The van der Waals surface area contributed by atoms with Crippen LogP contribution in [-0.4, -0.2) is 18.5 Å². The highest BCUT2D eigenvalue weighted by atomic mass is 16.6. The normalized spacial score (nSPS) is 17.4. The number of fused-ring (bicyclic) bond motifs is 1. The molecule has 0 radical (unpaired) electrons. The van der Waals surface area contributed by atoms with Gasteiger partial charge in [0.2, 0.25) is 0 Å². The molecule has 92 valence electrons. The molecule has 4 nitrogen and oxygen atoms in total. The number of benzene rings is 1. The Labute approximate surface area is 104 Å². The van der Waals surface area contributed by atoms with Crippen LogP contribution in [0, 0.1) is 0 Å². The molecule has 0 amide bonds. The maximum absolute atomic E-state index is 12.0. The summed E-state index contributed by atoms with van der Waals surface area (Å²) < 4.78 is 16.3. The molecule has 0 N–H and O–H groups in total. The third-order valence-corrected chi connectivity index (χ3v) is 2.80. The van der Waals surface area contributed by atoms with Crippen molar-refractivity contribution in [1.82, 2.24) is 0 Å². The Morgan fingerprint density at radius 2 is 2.00 bits per heavy atom. The molecule has 0 saturated heterocycles. The van der Waals surface area contributed by atoms with Crippen molar-refractivity contribution in [2.24, 2.45) is 0 Å². The van der Waals surface area contributed by atoms with Crippen molar-refractivity contribution in [3.8, 4) is 11.5 Å². The lowest BCUT2D eigenvalue weighted by molar-refractivity contribution is -0.127. The molecule has 0 aliphatic carbocycles. The lowest BCUT2D eigenvalue weighted by Crippen LogP contribution is -2.37. The number of hydrogen-bond acceptors (Lipinski definition) is 4. The van der Waals surface area contributed by atoms with E-state index in [1.165, 1.54) is 0 Å². The zero-order valence-corrected chi connectivity index (χ0v) is 9.67. The summed E-state index contributed by atoms with van der Waals surface area (Å²) in [6, 6.07) is 10.9. The van der Waals surface area contributed by atoms with Crippen LogP contribution in [0.2, 0.25) is 0 Å². The summed E-state index contributed by atoms with van der Waals surface area (Å²) in [4.78, 5) is 12.0. The topological polar surface area (TPSA) is 48.7 Å². The summed E-state index contributed by atoms with van der Waals surface area (Å²) in [5.74, 6) is 1.89. The van der Waals surface area contributed by atoms with E-state index in [0.717, 1.165) is 0 Å². The van der Waals surface area contributed by atoms with Gasteiger partial charge in [-0.2, -0.15) is 0 Å². The fourth-order valence-corrected chi connectivity index (χ4v) is 1.88. The molecule has 0 bridgehead atoms. The summed E-state index contributed by atoms with van der Waals surface area (Å²) in [5, 5.41) is 0. The van der Waals surface area contributed by atoms with E-state index in [0.29, 0.717) is 17.3 Å². The van der Waals surface area contributed by atoms with E-state index >= 15 is 0 Å². The minimum Gasteiger partial charge on any atom is -0.485 e. The zero-order valence-electron chi connectivity index (χ0n) is 9.67. The van der Waals surface area contributed by atoms with Gasteiger partial charge in [0, 0.05) is 0 Å². The fourth-order valence-electron chi connectivity index (χ4n) is 1.88. The van der Waals surface area contributed by atoms with Crippen molar-refractivity contribution >= 4 is 5.78 Å². The van der Waals surface area contributed by atoms with Gasteiger partial charge in [0.05, 0.1) is 12.7 Å². The lowest BCUT2D eigenvalue weighted by Gasteiger charge is -2.25. The highest BCUT2D eigenvalue weighted by Gasteiger charge is 2.27. The van der Waals surface area contributed by atoms with Gasteiger partial charge < -0.3 is 13.9 Å². The quantitative estimate of drug-likeness (QED) is 0.830. The van der Waals surface area contributed by atoms with E-state index < -0.39 is 6.10 Å². The summed E-state index contributed by atoms with van der Waals surface area (Å²) in [5.41, 5.74) is 0. The van der Waals surface area contributed by atoms with Gasteiger partial charge in [0.15, 0.2) is 23.4 Å². The van der Waals surface area contributed by atoms with Crippen molar-refractivity contribution in [2.75, 3.05) is 6.61 Å². The molecule has 1 aliphatic rings. The fraction of sp³-hybridized carbons (Fsp3) is 0.214. The zero-order chi connectivity index (χ0) is 12.4. The predicted octanol–water partition coefficient (Wildman–Crippen LogP) is 2.23. The number of carbonyl (C=O) groups is 1. The second-order valence-corrected chi connectivity index (χ2v) is 4.09. The molecule has 3 rings (SSSR count). The van der Waals surface area contributed by atoms with Crippen molar-refractivity contribution < 1.29 is 18.7 Å². The van der Waals surface area contributed by atoms with Gasteiger partial charge in [-0.3, -0.25) is 4.79 Å². The van der Waals surface area contributed by atoms with E-state index in [1.54, 1.807) is 24.5 Å². The van der Waals surface area contributed by atoms with Gasteiger partial charge in [-0.15, -0.1) is 0 Å². The molecule has 1 aliphatic heterocycles. The average molecular weight is 244 g/mol. The first-order valence-corrected chi connectivity index (χ1v) is 5.76. The molecule has 4 heteroatoms. The molecular weight excluding hydrogens is 232 g/mol. The summed E-state index contributed by atoms with van der Waals surface area (Å²) in [7, 11) is 0. The SMILES string of the molecule is O=C(Cc1ccco1)C1COc2ccccc2O1. The number of carbonyl (C=O) groups excluding carboxylic acids is 1. The number of hydrogen-bond donors (Lipinski definition) is 0. The molecule has 0 spiro atoms. The van der Waals surface area contributed by atoms with Crippen LogP contribution in [0.15, 0.2) is 47.1 Å². The number of furan rings is 1. The number of rotatable bonds is 3. The van der Waals surface area contributed by atoms with Gasteiger partial charge in [0.1, 0.15) is 12.4 Å². The third kappa shape index (κ3) is 2.09. The summed E-state index contributed by atoms with van der Waals surface area (Å²) >= 11 is 0. The number of ether oxygens (including phenoxy) is 2. The molecule has 0 saturated carbocycles. The Bertz CT molecular complexity index is 545. The Balaban J connectivity index is 1.70. The first-order chi connectivity index (χ1) is 8.83. The van der Waals surface area contributed by atoms with E-state index in [-0.39, 0.29) is 18.8 Å². The van der Waals surface area contributed by atoms with Crippen LogP contribution in [0.4, 0.5) is 0 Å². The predicted molar refractivity (Wildman–Crippen MR) is 63.8 cm³/mol. The Morgan fingerprint density at radius 1 is 1.17 bits per heavy atom. The Kier molecular flexibility index (Phi) is 2.76. The van der Waals surface area contributed by atoms with E-state index in [1.807, 2.05) is 18.2 Å². The second-order valence-electron chi connectivity index (χ2n) is 4.09. The largest absolute Gasteiger partial charge is 0.485 e. The highest BCUT2D eigenvalue weighted by Crippen LogP contribution is 2.31. The van der Waals surface area contributed by atoms with E-state index in [9.17, 15) is 4.79 Å². The maximum atomic E-state index is 12.0. The number of ketones is 1. The monoisotopic (exact) mass is 244 g/mol. The molecule has 0 fully saturated rings. The minimum atomic E-state index is -0.565. The van der Waals surface area contributed by atoms with Crippen LogP contribution in [0.1, 0.15) is 5.76 Å². The van der Waals surface area contributed by atoms with Gasteiger partial charge in [-0.1, -0.05) is 12.1 Å². The lowest BCUT2D eigenvalue weighted by atomic mass is 10.1. The number of para-hydroxylation sites is 2. The average Bonchev–Trinajstić information content (AvgIpc) is 2.91. The molecule has 2 aromatic rings. The maximum Gasteiger partial charge on any atom is 0.191 e. The second kappa shape index (κ2) is 4.56. The number of Topliss-reactive ketones (excluding diaryl/α,β-unsaturated/α-hetero) is 1. The van der Waals surface area contributed by atoms with Crippen LogP contribution < -0.4 is 9.47 Å². The molecule has 1 atom stereocenters. The van der Waals surface area contributed by atoms with E-state index in [4.69, 9.17) is 13.9 Å². The van der Waals surface area contributed by atoms with Crippen LogP contribution in [0.3, 0.4) is 0 Å². The van der Waals surface area contributed by atoms with Crippen molar-refractivity contribution in [3.05, 3.63) is 48.4 Å². The Hall–Kier alpha value is -2.23. The van der Waals surface area contributed by atoms with Crippen LogP contribution in [0.5, 0.6) is 11.5 Å². The highest BCUT2D eigenvalue weighted by molar-refractivity contribution is 5.85. The Morgan fingerprint density at radius 3 is 2.78 bits per heavy atom. The first-order valence-electron chi connectivity index (χ1n) is 5.76. The summed E-state index contributed by atoms with van der Waals surface area (Å²) in [6.45, 7) is 0.247. The van der Waals surface area contributed by atoms with Crippen molar-refractivity contribution in [2.45, 2.75) is 12.5 Å². The smallest absolute Gasteiger partial charge is 0.191 e. The van der Waals surface area contributed by atoms with Crippen LogP contribution >= 0.6 is 0 Å². The van der Waals surface area contributed by atoms with Gasteiger partial charge in [0.25, 0.3) is 0 Å². The van der Waals surface area contributed by atoms with Crippen molar-refractivity contribution in [1.29, 1.82) is 0 Å². The van der Waals surface area contributed by atoms with Crippen LogP contribution in [-0.2, 0) is 11.2 Å². The standard InChI is InChI=1S/C14H12O4/c15-11(8-10-4-3-7-16-10)14-9-17-12-5-1-2-6-13(12)18-14/h1-7,14H,8-9H2. The van der Waals surface area contributed by atoms with Crippen molar-refractivity contribution in [3.63, 3.8) is 0 Å². The molecule has 18 heavy (non-hydrogen) atoms.